The van der Waals surface area contributed by atoms with E-state index in [9.17, 15) is 13.2 Å². The third-order valence-corrected chi connectivity index (χ3v) is 6.82. The molecule has 0 radical (unpaired) electrons. The van der Waals surface area contributed by atoms with Crippen LogP contribution in [0.2, 0.25) is 0 Å². The van der Waals surface area contributed by atoms with Crippen molar-refractivity contribution in [1.82, 2.24) is 9.62 Å². The molecule has 156 valence electrons. The van der Waals surface area contributed by atoms with Crippen molar-refractivity contribution in [3.8, 4) is 0 Å². The zero-order valence-electron chi connectivity index (χ0n) is 16.9. The number of hydrogen-bond acceptors (Lipinski definition) is 4. The number of nitrogens with one attached hydrogen (secondary N) is 1. The van der Waals surface area contributed by atoms with E-state index in [0.29, 0.717) is 13.2 Å². The molecule has 1 amide bonds. The Morgan fingerprint density at radius 1 is 1.07 bits per heavy atom. The number of aryl methyl sites for hydroxylation is 2. The van der Waals surface area contributed by atoms with Gasteiger partial charge in [0.2, 0.25) is 15.9 Å². The van der Waals surface area contributed by atoms with Crippen molar-refractivity contribution < 1.29 is 17.9 Å². The maximum atomic E-state index is 13.2. The van der Waals surface area contributed by atoms with Crippen molar-refractivity contribution in [1.29, 1.82) is 0 Å². The van der Waals surface area contributed by atoms with E-state index in [-0.39, 0.29) is 30.0 Å². The minimum atomic E-state index is -3.82. The van der Waals surface area contributed by atoms with Gasteiger partial charge in [-0.25, -0.2) is 8.42 Å². The van der Waals surface area contributed by atoms with Crippen LogP contribution in [0.5, 0.6) is 0 Å². The molecule has 1 fully saturated rings. The molecule has 0 bridgehead atoms. The van der Waals surface area contributed by atoms with Crippen LogP contribution in [0.1, 0.15) is 29.5 Å². The average Bonchev–Trinajstić information content (AvgIpc) is 3.21. The maximum absolute atomic E-state index is 13.2. The lowest BCUT2D eigenvalue weighted by Gasteiger charge is -2.22. The molecule has 29 heavy (non-hydrogen) atoms. The van der Waals surface area contributed by atoms with Crippen LogP contribution in [0.25, 0.3) is 0 Å². The molecule has 1 atom stereocenters. The Labute approximate surface area is 172 Å². The van der Waals surface area contributed by atoms with Crippen LogP contribution in [0.3, 0.4) is 0 Å². The average molecular weight is 417 g/mol. The smallest absolute Gasteiger partial charge is 0.243 e. The van der Waals surface area contributed by atoms with E-state index in [4.69, 9.17) is 4.74 Å². The van der Waals surface area contributed by atoms with Crippen LogP contribution < -0.4 is 5.32 Å². The summed E-state index contributed by atoms with van der Waals surface area (Å²) < 4.78 is 33.2. The fourth-order valence-corrected chi connectivity index (χ4v) is 4.62. The van der Waals surface area contributed by atoms with Gasteiger partial charge in [-0.05, 0) is 44.4 Å². The molecular formula is C22H28N2O4S. The van der Waals surface area contributed by atoms with E-state index < -0.39 is 10.0 Å². The topological polar surface area (TPSA) is 75.7 Å². The number of benzene rings is 2. The van der Waals surface area contributed by atoms with E-state index in [1.54, 1.807) is 24.3 Å². The first-order chi connectivity index (χ1) is 13.8. The Bertz CT molecular complexity index is 918. The van der Waals surface area contributed by atoms with Gasteiger partial charge in [0.25, 0.3) is 0 Å². The zero-order chi connectivity index (χ0) is 20.9. The van der Waals surface area contributed by atoms with Crippen LogP contribution in [0.4, 0.5) is 0 Å². The Kier molecular flexibility index (Phi) is 7.05. The second kappa shape index (κ2) is 9.52. The van der Waals surface area contributed by atoms with Crippen LogP contribution in [0.15, 0.2) is 53.4 Å². The number of nitrogens with zero attached hydrogens (tertiary/aromatic N) is 1. The van der Waals surface area contributed by atoms with Gasteiger partial charge < -0.3 is 10.1 Å². The molecule has 7 heteroatoms. The predicted octanol–water partition coefficient (Wildman–Crippen LogP) is 2.79. The fraction of sp³-hybridized carbons (Fsp3) is 0.409. The van der Waals surface area contributed by atoms with Gasteiger partial charge in [0.1, 0.15) is 0 Å². The van der Waals surface area contributed by atoms with Crippen molar-refractivity contribution >= 4 is 15.9 Å². The van der Waals surface area contributed by atoms with Gasteiger partial charge in [-0.15, -0.1) is 0 Å². The van der Waals surface area contributed by atoms with Gasteiger partial charge in [0, 0.05) is 19.7 Å². The Balaban J connectivity index is 1.77. The van der Waals surface area contributed by atoms with Crippen molar-refractivity contribution in [2.24, 2.45) is 0 Å². The van der Waals surface area contributed by atoms with Crippen LogP contribution in [-0.2, 0) is 26.1 Å². The molecule has 0 saturated carbocycles. The zero-order valence-corrected chi connectivity index (χ0v) is 17.7. The molecule has 2 aromatic rings. The van der Waals surface area contributed by atoms with Gasteiger partial charge in [0.05, 0.1) is 17.5 Å². The summed E-state index contributed by atoms with van der Waals surface area (Å²) in [5.41, 5.74) is 2.90. The molecule has 0 aromatic heterocycles. The lowest BCUT2D eigenvalue weighted by molar-refractivity contribution is -0.121. The largest absolute Gasteiger partial charge is 0.376 e. The number of carbonyl (C=O) groups is 1. The molecule has 1 saturated heterocycles. The summed E-state index contributed by atoms with van der Waals surface area (Å²) in [5.74, 6) is -0.330. The summed E-state index contributed by atoms with van der Waals surface area (Å²) in [4.78, 5) is 12.7. The highest BCUT2D eigenvalue weighted by Crippen LogP contribution is 2.19. The second-order valence-corrected chi connectivity index (χ2v) is 9.45. The molecule has 2 aromatic carbocycles. The molecular weight excluding hydrogens is 388 g/mol. The van der Waals surface area contributed by atoms with Gasteiger partial charge in [0.15, 0.2) is 0 Å². The molecule has 0 spiro atoms. The standard InChI is InChI=1S/C22H28N2O4S/c1-17-5-9-19(10-6-17)15-24(16-22(25)23-14-20-4-3-13-28-20)29(26,27)21-11-7-18(2)8-12-21/h5-12,20H,3-4,13-16H2,1-2H3,(H,23,25)/t20-/m1/s1. The van der Waals surface area contributed by atoms with E-state index in [2.05, 4.69) is 5.32 Å². The first-order valence-corrected chi connectivity index (χ1v) is 11.3. The van der Waals surface area contributed by atoms with E-state index in [1.807, 2.05) is 38.1 Å². The van der Waals surface area contributed by atoms with Crippen LogP contribution >= 0.6 is 0 Å². The second-order valence-electron chi connectivity index (χ2n) is 7.51. The summed E-state index contributed by atoms with van der Waals surface area (Å²) in [6.07, 6.45) is 1.91. The van der Waals surface area contributed by atoms with Gasteiger partial charge in [-0.2, -0.15) is 4.31 Å². The number of amides is 1. The van der Waals surface area contributed by atoms with Gasteiger partial charge in [-0.1, -0.05) is 47.5 Å². The van der Waals surface area contributed by atoms with Crippen LogP contribution in [-0.4, -0.2) is 44.4 Å². The molecule has 1 N–H and O–H groups in total. The minimum absolute atomic E-state index is 0.0122. The fourth-order valence-electron chi connectivity index (χ4n) is 3.23. The lowest BCUT2D eigenvalue weighted by atomic mass is 10.1. The SMILES string of the molecule is Cc1ccc(CN(CC(=O)NC[C@H]2CCCO2)S(=O)(=O)c2ccc(C)cc2)cc1. The third kappa shape index (κ3) is 5.88. The lowest BCUT2D eigenvalue weighted by Crippen LogP contribution is -2.42. The summed E-state index contributed by atoms with van der Waals surface area (Å²) in [6.45, 7) is 4.88. The molecule has 6 nitrogen and oxygen atoms in total. The Morgan fingerprint density at radius 2 is 1.69 bits per heavy atom. The van der Waals surface area contributed by atoms with Gasteiger partial charge in [-0.3, -0.25) is 4.79 Å². The van der Waals surface area contributed by atoms with Crippen molar-refractivity contribution in [2.75, 3.05) is 19.7 Å². The number of hydrogen-bond donors (Lipinski definition) is 1. The van der Waals surface area contributed by atoms with E-state index >= 15 is 0 Å². The molecule has 0 aliphatic carbocycles. The summed E-state index contributed by atoms with van der Waals surface area (Å²) in [7, 11) is -3.82. The summed E-state index contributed by atoms with van der Waals surface area (Å²) >= 11 is 0. The predicted molar refractivity (Wildman–Crippen MR) is 112 cm³/mol. The monoisotopic (exact) mass is 416 g/mol. The van der Waals surface area contributed by atoms with Gasteiger partial charge >= 0.3 is 0 Å². The first-order valence-electron chi connectivity index (χ1n) is 9.85. The van der Waals surface area contributed by atoms with Crippen molar-refractivity contribution in [2.45, 2.75) is 44.2 Å². The summed E-state index contributed by atoms with van der Waals surface area (Å²) in [6, 6.07) is 14.3. The maximum Gasteiger partial charge on any atom is 0.243 e. The van der Waals surface area contributed by atoms with E-state index in [1.165, 1.54) is 4.31 Å². The molecule has 3 rings (SSSR count). The molecule has 1 aliphatic heterocycles. The highest BCUT2D eigenvalue weighted by Gasteiger charge is 2.27. The number of rotatable bonds is 8. The van der Waals surface area contributed by atoms with Crippen LogP contribution in [0, 0.1) is 13.8 Å². The molecule has 1 aliphatic rings. The van der Waals surface area contributed by atoms with Crippen molar-refractivity contribution in [3.63, 3.8) is 0 Å². The number of sulfonamides is 1. The number of ether oxygens (including phenoxy) is 1. The molecule has 0 unspecified atom stereocenters. The van der Waals surface area contributed by atoms with E-state index in [0.717, 1.165) is 29.5 Å². The molecule has 1 heterocycles. The normalized spacial score (nSPS) is 16.9. The minimum Gasteiger partial charge on any atom is -0.376 e. The highest BCUT2D eigenvalue weighted by atomic mass is 32.2. The first kappa shape index (κ1) is 21.5. The Morgan fingerprint density at radius 3 is 2.28 bits per heavy atom. The number of carbonyl (C=O) groups excluding carboxylic acids is 1. The Hall–Kier alpha value is -2.22. The summed E-state index contributed by atoms with van der Waals surface area (Å²) in [5, 5.41) is 2.81. The van der Waals surface area contributed by atoms with Crippen molar-refractivity contribution in [3.05, 3.63) is 65.2 Å². The third-order valence-electron chi connectivity index (χ3n) is 5.01. The quantitative estimate of drug-likeness (QED) is 0.718. The highest BCUT2D eigenvalue weighted by molar-refractivity contribution is 7.89.